The van der Waals surface area contributed by atoms with Crippen LogP contribution in [0.15, 0.2) is 24.3 Å². The lowest BCUT2D eigenvalue weighted by Crippen LogP contribution is -2.31. The Morgan fingerprint density at radius 2 is 2.10 bits per heavy atom. The van der Waals surface area contributed by atoms with Gasteiger partial charge in [-0.15, -0.1) is 0 Å². The van der Waals surface area contributed by atoms with Gasteiger partial charge in [-0.05, 0) is 50.8 Å². The average molecular weight is 290 g/mol. The molecule has 1 aromatic rings. The van der Waals surface area contributed by atoms with Gasteiger partial charge < -0.3 is 15.0 Å². The van der Waals surface area contributed by atoms with Gasteiger partial charge in [0.2, 0.25) is 0 Å². The van der Waals surface area contributed by atoms with Crippen LogP contribution in [0.2, 0.25) is 0 Å². The molecule has 0 bridgehead atoms. The normalized spacial score (nSPS) is 15.6. The minimum atomic E-state index is 0.0957. The second-order valence-corrected chi connectivity index (χ2v) is 5.60. The zero-order valence-electron chi connectivity index (χ0n) is 13.3. The van der Waals surface area contributed by atoms with Gasteiger partial charge in [-0.25, -0.2) is 0 Å². The lowest BCUT2D eigenvalue weighted by atomic mass is 10.1. The number of hydrogen-bond acceptors (Lipinski definition) is 3. The fraction of sp³-hybridized carbons (Fsp3) is 0.588. The maximum Gasteiger partial charge on any atom is 0.253 e. The van der Waals surface area contributed by atoms with Crippen molar-refractivity contribution in [2.75, 3.05) is 32.1 Å². The molecule has 2 rings (SSSR count). The first-order valence-corrected chi connectivity index (χ1v) is 7.84. The molecule has 1 atom stereocenters. The highest BCUT2D eigenvalue weighted by Gasteiger charge is 2.31. The third kappa shape index (κ3) is 4.21. The molecule has 0 aromatic heterocycles. The summed E-state index contributed by atoms with van der Waals surface area (Å²) in [6, 6.07) is 8.13. The molecular weight excluding hydrogens is 264 g/mol. The van der Waals surface area contributed by atoms with Crippen molar-refractivity contribution in [2.24, 2.45) is 5.92 Å². The molecule has 1 amide bonds. The van der Waals surface area contributed by atoms with Gasteiger partial charge in [0.05, 0.1) is 12.6 Å². The summed E-state index contributed by atoms with van der Waals surface area (Å²) in [4.78, 5) is 14.2. The highest BCUT2D eigenvalue weighted by atomic mass is 16.5. The van der Waals surface area contributed by atoms with Gasteiger partial charge in [0.15, 0.2) is 0 Å². The molecule has 1 saturated carbocycles. The first-order valence-electron chi connectivity index (χ1n) is 7.84. The van der Waals surface area contributed by atoms with E-state index in [1.165, 1.54) is 12.8 Å². The zero-order valence-corrected chi connectivity index (χ0v) is 13.3. The van der Waals surface area contributed by atoms with E-state index in [9.17, 15) is 4.79 Å². The molecule has 116 valence electrons. The predicted molar refractivity (Wildman–Crippen MR) is 85.7 cm³/mol. The minimum Gasteiger partial charge on any atom is -0.383 e. The van der Waals surface area contributed by atoms with Crippen molar-refractivity contribution in [1.29, 1.82) is 0 Å². The highest BCUT2D eigenvalue weighted by Crippen LogP contribution is 2.34. The molecule has 1 aliphatic carbocycles. The Bertz CT molecular complexity index is 468. The number of rotatable bonds is 8. The SMILES string of the molecule is CCN(CC)C(=O)c1cccc(NC(COC)C2CC2)c1. The van der Waals surface area contributed by atoms with Gasteiger partial charge in [-0.2, -0.15) is 0 Å². The lowest BCUT2D eigenvalue weighted by molar-refractivity contribution is 0.0773. The van der Waals surface area contributed by atoms with Gasteiger partial charge in [-0.3, -0.25) is 4.79 Å². The monoisotopic (exact) mass is 290 g/mol. The number of anilines is 1. The van der Waals surface area contributed by atoms with E-state index in [0.717, 1.165) is 24.3 Å². The summed E-state index contributed by atoms with van der Waals surface area (Å²) in [5, 5.41) is 3.52. The Labute approximate surface area is 127 Å². The van der Waals surface area contributed by atoms with Crippen LogP contribution >= 0.6 is 0 Å². The number of nitrogens with one attached hydrogen (secondary N) is 1. The van der Waals surface area contributed by atoms with Crippen LogP contribution in [0.5, 0.6) is 0 Å². The maximum atomic E-state index is 12.4. The molecule has 0 spiro atoms. The second-order valence-electron chi connectivity index (χ2n) is 5.60. The van der Waals surface area contributed by atoms with Crippen LogP contribution in [0.25, 0.3) is 0 Å². The molecule has 0 heterocycles. The zero-order chi connectivity index (χ0) is 15.2. The van der Waals surface area contributed by atoms with Gasteiger partial charge in [-0.1, -0.05) is 6.07 Å². The van der Waals surface area contributed by atoms with Gasteiger partial charge in [0.1, 0.15) is 0 Å². The Hall–Kier alpha value is -1.55. The molecule has 0 radical (unpaired) electrons. The summed E-state index contributed by atoms with van der Waals surface area (Å²) < 4.78 is 5.29. The number of carbonyl (C=O) groups is 1. The summed E-state index contributed by atoms with van der Waals surface area (Å²) >= 11 is 0. The van der Waals surface area contributed by atoms with Crippen molar-refractivity contribution < 1.29 is 9.53 Å². The standard InChI is InChI=1S/C17H26N2O2/c1-4-19(5-2)17(20)14-7-6-8-15(11-14)18-16(12-21-3)13-9-10-13/h6-8,11,13,16,18H,4-5,9-10,12H2,1-3H3. The van der Waals surface area contributed by atoms with Crippen molar-refractivity contribution in [3.63, 3.8) is 0 Å². The van der Waals surface area contributed by atoms with Crippen molar-refractivity contribution in [2.45, 2.75) is 32.7 Å². The van der Waals surface area contributed by atoms with E-state index in [1.54, 1.807) is 7.11 Å². The summed E-state index contributed by atoms with van der Waals surface area (Å²) in [6.45, 7) is 6.19. The van der Waals surface area contributed by atoms with Crippen LogP contribution in [-0.4, -0.2) is 43.7 Å². The van der Waals surface area contributed by atoms with Crippen LogP contribution in [-0.2, 0) is 4.74 Å². The van der Waals surface area contributed by atoms with Crippen molar-refractivity contribution in [1.82, 2.24) is 4.90 Å². The number of carbonyl (C=O) groups excluding carboxylic acids is 1. The predicted octanol–water partition coefficient (Wildman–Crippen LogP) is 3.01. The van der Waals surface area contributed by atoms with E-state index in [-0.39, 0.29) is 5.91 Å². The van der Waals surface area contributed by atoms with Gasteiger partial charge >= 0.3 is 0 Å². The topological polar surface area (TPSA) is 41.6 Å². The van der Waals surface area contributed by atoms with Crippen LogP contribution in [0, 0.1) is 5.92 Å². The molecule has 0 aliphatic heterocycles. The number of amides is 1. The molecular formula is C17H26N2O2. The molecule has 21 heavy (non-hydrogen) atoms. The Balaban J connectivity index is 2.07. The summed E-state index contributed by atoms with van der Waals surface area (Å²) in [7, 11) is 1.73. The molecule has 1 aromatic carbocycles. The van der Waals surface area contributed by atoms with Crippen LogP contribution in [0.3, 0.4) is 0 Å². The van der Waals surface area contributed by atoms with Crippen molar-refractivity contribution in [3.8, 4) is 0 Å². The van der Waals surface area contributed by atoms with E-state index in [2.05, 4.69) is 5.32 Å². The molecule has 0 saturated heterocycles. The van der Waals surface area contributed by atoms with E-state index < -0.39 is 0 Å². The first-order chi connectivity index (χ1) is 10.2. The first kappa shape index (κ1) is 15.8. The third-order valence-electron chi connectivity index (χ3n) is 4.05. The number of methoxy groups -OCH3 is 1. The number of nitrogens with zero attached hydrogens (tertiary/aromatic N) is 1. The third-order valence-corrected chi connectivity index (χ3v) is 4.05. The molecule has 4 nitrogen and oxygen atoms in total. The number of ether oxygens (including phenoxy) is 1. The number of hydrogen-bond donors (Lipinski definition) is 1. The number of benzene rings is 1. The van der Waals surface area contributed by atoms with Crippen molar-refractivity contribution in [3.05, 3.63) is 29.8 Å². The van der Waals surface area contributed by atoms with Crippen LogP contribution < -0.4 is 5.32 Å². The van der Waals surface area contributed by atoms with E-state index >= 15 is 0 Å². The largest absolute Gasteiger partial charge is 0.383 e. The molecule has 1 N–H and O–H groups in total. The Kier molecular flexibility index (Phi) is 5.62. The Morgan fingerprint density at radius 3 is 2.67 bits per heavy atom. The molecule has 1 aliphatic rings. The molecule has 1 fully saturated rings. The van der Waals surface area contributed by atoms with Crippen molar-refractivity contribution >= 4 is 11.6 Å². The summed E-state index contributed by atoms with van der Waals surface area (Å²) in [5.41, 5.74) is 1.75. The van der Waals surface area contributed by atoms with Gasteiger partial charge in [0, 0.05) is 31.5 Å². The summed E-state index contributed by atoms with van der Waals surface area (Å²) in [6.07, 6.45) is 2.53. The van der Waals surface area contributed by atoms with Crippen LogP contribution in [0.1, 0.15) is 37.0 Å². The van der Waals surface area contributed by atoms with E-state index in [4.69, 9.17) is 4.74 Å². The minimum absolute atomic E-state index is 0.0957. The van der Waals surface area contributed by atoms with E-state index in [0.29, 0.717) is 18.6 Å². The highest BCUT2D eigenvalue weighted by molar-refractivity contribution is 5.95. The fourth-order valence-corrected chi connectivity index (χ4v) is 2.62. The average Bonchev–Trinajstić information content (AvgIpc) is 3.33. The quantitative estimate of drug-likeness (QED) is 0.800. The lowest BCUT2D eigenvalue weighted by Gasteiger charge is -2.21. The Morgan fingerprint density at radius 1 is 1.38 bits per heavy atom. The maximum absolute atomic E-state index is 12.4. The molecule has 4 heteroatoms. The second kappa shape index (κ2) is 7.46. The fourth-order valence-electron chi connectivity index (χ4n) is 2.62. The van der Waals surface area contributed by atoms with Crippen LogP contribution in [0.4, 0.5) is 5.69 Å². The van der Waals surface area contributed by atoms with E-state index in [1.807, 2.05) is 43.0 Å². The summed E-state index contributed by atoms with van der Waals surface area (Å²) in [5.74, 6) is 0.797. The molecule has 1 unspecified atom stereocenters. The smallest absolute Gasteiger partial charge is 0.253 e. The van der Waals surface area contributed by atoms with Gasteiger partial charge in [0.25, 0.3) is 5.91 Å².